The molecule has 1 aromatic heterocycles. The minimum absolute atomic E-state index is 0.259. The highest BCUT2D eigenvalue weighted by Gasteiger charge is 2.17. The van der Waals surface area contributed by atoms with Crippen molar-refractivity contribution in [3.8, 4) is 22.4 Å². The van der Waals surface area contributed by atoms with Gasteiger partial charge in [0.25, 0.3) is 0 Å². The van der Waals surface area contributed by atoms with Gasteiger partial charge >= 0.3 is 0 Å². The predicted octanol–water partition coefficient (Wildman–Crippen LogP) is 3.49. The fourth-order valence-electron chi connectivity index (χ4n) is 3.07. The molecule has 1 unspecified atom stereocenters. The number of fused-ring (bicyclic) bond motifs is 1. The van der Waals surface area contributed by atoms with Gasteiger partial charge in [-0.2, -0.15) is 0 Å². The van der Waals surface area contributed by atoms with Crippen molar-refractivity contribution in [3.63, 3.8) is 0 Å². The van der Waals surface area contributed by atoms with Crippen molar-refractivity contribution in [1.29, 1.82) is 0 Å². The molecule has 1 aliphatic rings. The Morgan fingerprint density at radius 1 is 0.909 bits per heavy atom. The van der Waals surface area contributed by atoms with Gasteiger partial charge in [-0.1, -0.05) is 54.6 Å². The van der Waals surface area contributed by atoms with E-state index in [1.54, 1.807) is 0 Å². The summed E-state index contributed by atoms with van der Waals surface area (Å²) in [5.41, 5.74) is 10.7. The fraction of sp³-hybridized carbons (Fsp3) is 0.211. The molecule has 0 amide bonds. The van der Waals surface area contributed by atoms with E-state index in [1.165, 1.54) is 11.1 Å². The molecule has 0 radical (unpaired) electrons. The van der Waals surface area contributed by atoms with Crippen LogP contribution in [0.25, 0.3) is 22.4 Å². The summed E-state index contributed by atoms with van der Waals surface area (Å²) in [6, 6.07) is 19.3. The van der Waals surface area contributed by atoms with Crippen LogP contribution < -0.4 is 5.73 Å². The summed E-state index contributed by atoms with van der Waals surface area (Å²) in [4.78, 5) is 4.77. The zero-order valence-corrected chi connectivity index (χ0v) is 12.4. The van der Waals surface area contributed by atoms with Gasteiger partial charge in [0.2, 0.25) is 0 Å². The first kappa shape index (κ1) is 13.3. The van der Waals surface area contributed by atoms with Gasteiger partial charge in [0.15, 0.2) is 0 Å². The van der Waals surface area contributed by atoms with E-state index >= 15 is 0 Å². The number of rotatable bonds is 2. The molecule has 0 saturated carbocycles. The van der Waals surface area contributed by atoms with Crippen LogP contribution in [0.4, 0.5) is 0 Å². The van der Waals surface area contributed by atoms with Crippen molar-refractivity contribution in [2.75, 3.05) is 0 Å². The zero-order chi connectivity index (χ0) is 14.9. The second kappa shape index (κ2) is 5.43. The van der Waals surface area contributed by atoms with E-state index in [0.717, 1.165) is 36.5 Å². The number of hydrogen-bond acceptors (Lipinski definition) is 2. The molecule has 0 fully saturated rings. The Morgan fingerprint density at radius 2 is 1.59 bits per heavy atom. The van der Waals surface area contributed by atoms with E-state index in [1.807, 2.05) is 6.07 Å². The van der Waals surface area contributed by atoms with Crippen LogP contribution in [0.1, 0.15) is 12.2 Å². The van der Waals surface area contributed by atoms with Crippen molar-refractivity contribution >= 4 is 0 Å². The largest absolute Gasteiger partial charge is 0.333 e. The third kappa shape index (κ3) is 2.44. The first-order chi connectivity index (χ1) is 10.8. The van der Waals surface area contributed by atoms with Gasteiger partial charge in [0.1, 0.15) is 5.82 Å². The molecular formula is C19H19N3. The van der Waals surface area contributed by atoms with Crippen molar-refractivity contribution in [2.24, 2.45) is 5.73 Å². The van der Waals surface area contributed by atoms with Crippen LogP contribution >= 0.6 is 0 Å². The molecule has 22 heavy (non-hydrogen) atoms. The summed E-state index contributed by atoms with van der Waals surface area (Å²) in [6.45, 7) is 0.879. The molecule has 4 rings (SSSR count). The number of benzene rings is 2. The normalized spacial score (nSPS) is 17.2. The number of nitrogens with zero attached hydrogens (tertiary/aromatic N) is 2. The Balaban J connectivity index is 1.64. The molecule has 2 aromatic carbocycles. The fourth-order valence-corrected chi connectivity index (χ4v) is 3.07. The molecule has 110 valence electrons. The summed E-state index contributed by atoms with van der Waals surface area (Å²) in [6.07, 6.45) is 4.14. The van der Waals surface area contributed by atoms with Crippen molar-refractivity contribution < 1.29 is 0 Å². The van der Waals surface area contributed by atoms with Crippen molar-refractivity contribution in [1.82, 2.24) is 9.55 Å². The quantitative estimate of drug-likeness (QED) is 0.785. The van der Waals surface area contributed by atoms with Crippen LogP contribution in [0.15, 0.2) is 60.8 Å². The van der Waals surface area contributed by atoms with E-state index < -0.39 is 0 Å². The lowest BCUT2D eigenvalue weighted by Gasteiger charge is -2.19. The Morgan fingerprint density at radius 3 is 2.36 bits per heavy atom. The van der Waals surface area contributed by atoms with Crippen molar-refractivity contribution in [3.05, 3.63) is 66.6 Å². The first-order valence-electron chi connectivity index (χ1n) is 7.77. The lowest BCUT2D eigenvalue weighted by molar-refractivity contribution is 0.453. The molecule has 1 atom stereocenters. The van der Waals surface area contributed by atoms with Crippen LogP contribution in [0, 0.1) is 0 Å². The first-order valence-corrected chi connectivity index (χ1v) is 7.77. The van der Waals surface area contributed by atoms with E-state index in [-0.39, 0.29) is 6.04 Å². The SMILES string of the molecule is NC1CCc2nc(-c3ccc(-c4ccccc4)cc3)cn2C1. The van der Waals surface area contributed by atoms with E-state index in [2.05, 4.69) is 59.3 Å². The van der Waals surface area contributed by atoms with E-state index in [4.69, 9.17) is 10.7 Å². The summed E-state index contributed by atoms with van der Waals surface area (Å²) in [7, 11) is 0. The van der Waals surface area contributed by atoms with E-state index in [9.17, 15) is 0 Å². The maximum atomic E-state index is 6.03. The number of aromatic nitrogens is 2. The summed E-state index contributed by atoms with van der Waals surface area (Å²) >= 11 is 0. The molecule has 3 aromatic rings. The highest BCUT2D eigenvalue weighted by atomic mass is 15.1. The van der Waals surface area contributed by atoms with Gasteiger partial charge in [0, 0.05) is 30.8 Å². The van der Waals surface area contributed by atoms with Gasteiger partial charge < -0.3 is 10.3 Å². The van der Waals surface area contributed by atoms with Gasteiger partial charge in [-0.15, -0.1) is 0 Å². The Hall–Kier alpha value is -2.39. The van der Waals surface area contributed by atoms with Gasteiger partial charge in [-0.25, -0.2) is 4.98 Å². The molecule has 0 spiro atoms. The maximum absolute atomic E-state index is 6.03. The second-order valence-electron chi connectivity index (χ2n) is 5.94. The molecule has 3 nitrogen and oxygen atoms in total. The number of hydrogen-bond donors (Lipinski definition) is 1. The van der Waals surface area contributed by atoms with Crippen LogP contribution in [0.3, 0.4) is 0 Å². The van der Waals surface area contributed by atoms with Gasteiger partial charge in [-0.05, 0) is 17.5 Å². The molecule has 2 heterocycles. The van der Waals surface area contributed by atoms with Gasteiger partial charge in [-0.3, -0.25) is 0 Å². The molecule has 0 bridgehead atoms. The van der Waals surface area contributed by atoms with Gasteiger partial charge in [0.05, 0.1) is 5.69 Å². The van der Waals surface area contributed by atoms with Crippen LogP contribution in [-0.2, 0) is 13.0 Å². The monoisotopic (exact) mass is 289 g/mol. The minimum Gasteiger partial charge on any atom is -0.333 e. The zero-order valence-electron chi connectivity index (χ0n) is 12.4. The summed E-state index contributed by atoms with van der Waals surface area (Å²) in [5, 5.41) is 0. The number of nitrogens with two attached hydrogens (primary N) is 1. The molecule has 0 aliphatic carbocycles. The minimum atomic E-state index is 0.259. The van der Waals surface area contributed by atoms with Crippen molar-refractivity contribution in [2.45, 2.75) is 25.4 Å². The van der Waals surface area contributed by atoms with Crippen LogP contribution in [0.2, 0.25) is 0 Å². The topological polar surface area (TPSA) is 43.8 Å². The summed E-state index contributed by atoms with van der Waals surface area (Å²) < 4.78 is 2.20. The molecular weight excluding hydrogens is 270 g/mol. The Bertz CT molecular complexity index is 772. The Labute approximate surface area is 130 Å². The summed E-state index contributed by atoms with van der Waals surface area (Å²) in [5.74, 6) is 1.16. The van der Waals surface area contributed by atoms with Crippen LogP contribution in [0.5, 0.6) is 0 Å². The Kier molecular flexibility index (Phi) is 3.28. The number of imidazole rings is 1. The highest BCUT2D eigenvalue weighted by molar-refractivity contribution is 5.68. The predicted molar refractivity (Wildman–Crippen MR) is 89.4 cm³/mol. The lowest BCUT2D eigenvalue weighted by atomic mass is 10.0. The lowest BCUT2D eigenvalue weighted by Crippen LogP contribution is -2.31. The molecule has 2 N–H and O–H groups in total. The average molecular weight is 289 g/mol. The average Bonchev–Trinajstić information content (AvgIpc) is 2.99. The molecule has 1 aliphatic heterocycles. The van der Waals surface area contributed by atoms with Crippen LogP contribution in [-0.4, -0.2) is 15.6 Å². The third-order valence-corrected chi connectivity index (χ3v) is 4.32. The second-order valence-corrected chi connectivity index (χ2v) is 5.94. The molecule has 3 heteroatoms. The smallest absolute Gasteiger partial charge is 0.109 e. The van der Waals surface area contributed by atoms with E-state index in [0.29, 0.717) is 0 Å². The maximum Gasteiger partial charge on any atom is 0.109 e. The molecule has 0 saturated heterocycles. The number of aryl methyl sites for hydroxylation is 1. The third-order valence-electron chi connectivity index (χ3n) is 4.32. The highest BCUT2D eigenvalue weighted by Crippen LogP contribution is 2.25. The standard InChI is InChI=1S/C19H19N3/c20-17-10-11-19-21-18(13-22(19)12-17)16-8-6-15(7-9-16)14-4-2-1-3-5-14/h1-9,13,17H,10-12,20H2.